The Bertz CT molecular complexity index is 298. The van der Waals surface area contributed by atoms with E-state index in [4.69, 9.17) is 5.26 Å². The van der Waals surface area contributed by atoms with Crippen LogP contribution in [0.25, 0.3) is 0 Å². The second-order valence-corrected chi connectivity index (χ2v) is 2.97. The van der Waals surface area contributed by atoms with Crippen LogP contribution in [0.5, 0.6) is 0 Å². The molecule has 0 radical (unpaired) electrons. The van der Waals surface area contributed by atoms with Gasteiger partial charge in [0.05, 0.1) is 12.6 Å². The highest BCUT2D eigenvalue weighted by molar-refractivity contribution is 4.84. The van der Waals surface area contributed by atoms with Gasteiger partial charge in [0, 0.05) is 13.0 Å². The third kappa shape index (κ3) is 3.15. The Kier molecular flexibility index (Phi) is 4.65. The van der Waals surface area contributed by atoms with Gasteiger partial charge in [0.15, 0.2) is 0 Å². The van der Waals surface area contributed by atoms with E-state index >= 15 is 0 Å². The van der Waals surface area contributed by atoms with Crippen molar-refractivity contribution in [3.63, 3.8) is 0 Å². The fraction of sp³-hybridized carbons (Fsp3) is 0.667. The smallest absolute Gasteiger partial charge is 0.146 e. The molecule has 14 heavy (non-hydrogen) atoms. The van der Waals surface area contributed by atoms with Crippen molar-refractivity contribution in [3.05, 3.63) is 12.2 Å². The van der Waals surface area contributed by atoms with Crippen molar-refractivity contribution >= 4 is 0 Å². The molecule has 1 rings (SSSR count). The van der Waals surface area contributed by atoms with E-state index < -0.39 is 0 Å². The first-order valence-corrected chi connectivity index (χ1v) is 4.82. The van der Waals surface area contributed by atoms with E-state index in [0.29, 0.717) is 6.42 Å². The number of aromatic nitrogens is 3. The molecule has 76 valence electrons. The van der Waals surface area contributed by atoms with Crippen molar-refractivity contribution < 1.29 is 0 Å². The molecule has 5 heteroatoms. The van der Waals surface area contributed by atoms with Crippen molar-refractivity contribution in [3.8, 4) is 6.07 Å². The Balaban J connectivity index is 2.21. The first-order chi connectivity index (χ1) is 6.88. The maximum atomic E-state index is 8.33. The molecular formula is C9H15N5. The lowest BCUT2D eigenvalue weighted by Gasteiger charge is -2.03. The van der Waals surface area contributed by atoms with Crippen LogP contribution in [-0.2, 0) is 13.1 Å². The molecule has 1 N–H and O–H groups in total. The zero-order chi connectivity index (χ0) is 10.2. The molecule has 0 fully saturated rings. The van der Waals surface area contributed by atoms with Gasteiger partial charge < -0.3 is 9.88 Å². The molecule has 1 heterocycles. The summed E-state index contributed by atoms with van der Waals surface area (Å²) >= 11 is 0. The number of hydrogen-bond donors (Lipinski definition) is 1. The molecule has 0 aliphatic carbocycles. The fourth-order valence-electron chi connectivity index (χ4n) is 1.17. The van der Waals surface area contributed by atoms with Crippen LogP contribution in [-0.4, -0.2) is 21.3 Å². The minimum Gasteiger partial charge on any atom is -0.317 e. The molecule has 0 saturated heterocycles. The molecule has 5 nitrogen and oxygen atoms in total. The maximum Gasteiger partial charge on any atom is 0.146 e. The summed E-state index contributed by atoms with van der Waals surface area (Å²) in [6.07, 6.45) is 3.22. The SMILES string of the molecule is CCn1cnnc1CNCCCC#N. The Labute approximate surface area is 83.8 Å². The first-order valence-electron chi connectivity index (χ1n) is 4.82. The summed E-state index contributed by atoms with van der Waals surface area (Å²) in [5.41, 5.74) is 0. The number of aryl methyl sites for hydroxylation is 1. The Morgan fingerprint density at radius 1 is 1.64 bits per heavy atom. The van der Waals surface area contributed by atoms with Crippen molar-refractivity contribution in [2.24, 2.45) is 0 Å². The summed E-state index contributed by atoms with van der Waals surface area (Å²) in [6, 6.07) is 2.11. The van der Waals surface area contributed by atoms with E-state index in [1.54, 1.807) is 6.33 Å². The lowest BCUT2D eigenvalue weighted by molar-refractivity contribution is 0.599. The van der Waals surface area contributed by atoms with Gasteiger partial charge in [0.25, 0.3) is 0 Å². The molecular weight excluding hydrogens is 178 g/mol. The standard InChI is InChI=1S/C9H15N5/c1-2-14-8-12-13-9(14)7-11-6-4-3-5-10/h8,11H,2-4,6-7H2,1H3. The van der Waals surface area contributed by atoms with Gasteiger partial charge in [-0.2, -0.15) is 5.26 Å². The molecule has 0 atom stereocenters. The van der Waals surface area contributed by atoms with E-state index in [9.17, 15) is 0 Å². The van der Waals surface area contributed by atoms with E-state index in [1.165, 1.54) is 0 Å². The Morgan fingerprint density at radius 3 is 3.21 bits per heavy atom. The molecule has 1 aromatic rings. The number of rotatable bonds is 6. The predicted molar refractivity (Wildman–Crippen MR) is 52.2 cm³/mol. The van der Waals surface area contributed by atoms with Gasteiger partial charge in [-0.1, -0.05) is 0 Å². The lowest BCUT2D eigenvalue weighted by atomic mass is 10.3. The van der Waals surface area contributed by atoms with Gasteiger partial charge in [-0.3, -0.25) is 0 Å². The fourth-order valence-corrected chi connectivity index (χ4v) is 1.17. The van der Waals surface area contributed by atoms with Crippen molar-refractivity contribution in [2.75, 3.05) is 6.54 Å². The Hall–Kier alpha value is -1.41. The summed E-state index contributed by atoms with van der Waals surface area (Å²) in [4.78, 5) is 0. The highest BCUT2D eigenvalue weighted by Gasteiger charge is 2.00. The van der Waals surface area contributed by atoms with Gasteiger partial charge >= 0.3 is 0 Å². The molecule has 1 aromatic heterocycles. The van der Waals surface area contributed by atoms with Crippen molar-refractivity contribution in [1.29, 1.82) is 5.26 Å². The number of hydrogen-bond acceptors (Lipinski definition) is 4. The second-order valence-electron chi connectivity index (χ2n) is 2.97. The third-order valence-corrected chi connectivity index (χ3v) is 1.96. The van der Waals surface area contributed by atoms with Crippen LogP contribution in [0.4, 0.5) is 0 Å². The molecule has 0 unspecified atom stereocenters. The molecule has 0 aromatic carbocycles. The van der Waals surface area contributed by atoms with Crippen molar-refractivity contribution in [1.82, 2.24) is 20.1 Å². The summed E-state index contributed by atoms with van der Waals surface area (Å²) in [7, 11) is 0. The van der Waals surface area contributed by atoms with E-state index in [1.807, 2.05) is 4.57 Å². The lowest BCUT2D eigenvalue weighted by Crippen LogP contribution is -2.17. The normalized spacial score (nSPS) is 10.0. The van der Waals surface area contributed by atoms with E-state index in [2.05, 4.69) is 28.5 Å². The largest absolute Gasteiger partial charge is 0.317 e. The van der Waals surface area contributed by atoms with Crippen LogP contribution in [0.2, 0.25) is 0 Å². The topological polar surface area (TPSA) is 66.5 Å². The van der Waals surface area contributed by atoms with E-state index in [0.717, 1.165) is 31.9 Å². The average Bonchev–Trinajstić information content (AvgIpc) is 2.65. The summed E-state index contributed by atoms with van der Waals surface area (Å²) in [5.74, 6) is 0.949. The third-order valence-electron chi connectivity index (χ3n) is 1.96. The van der Waals surface area contributed by atoms with Crippen molar-refractivity contribution in [2.45, 2.75) is 32.9 Å². The Morgan fingerprint density at radius 2 is 2.50 bits per heavy atom. The molecule has 0 saturated carbocycles. The number of nitrogens with one attached hydrogen (secondary N) is 1. The number of nitrogens with zero attached hydrogens (tertiary/aromatic N) is 4. The van der Waals surface area contributed by atoms with Gasteiger partial charge in [-0.25, -0.2) is 0 Å². The van der Waals surface area contributed by atoms with Crippen LogP contribution in [0.3, 0.4) is 0 Å². The second kappa shape index (κ2) is 6.11. The van der Waals surface area contributed by atoms with Gasteiger partial charge in [0.2, 0.25) is 0 Å². The van der Waals surface area contributed by atoms with Crippen LogP contribution in [0, 0.1) is 11.3 Å². The highest BCUT2D eigenvalue weighted by atomic mass is 15.3. The van der Waals surface area contributed by atoms with Crippen LogP contribution in [0.15, 0.2) is 6.33 Å². The van der Waals surface area contributed by atoms with Gasteiger partial charge in [0.1, 0.15) is 12.2 Å². The average molecular weight is 193 g/mol. The molecule has 0 aliphatic heterocycles. The van der Waals surface area contributed by atoms with E-state index in [-0.39, 0.29) is 0 Å². The monoisotopic (exact) mass is 193 g/mol. The number of unbranched alkanes of at least 4 members (excludes halogenated alkanes) is 1. The maximum absolute atomic E-state index is 8.33. The predicted octanol–water partition coefficient (Wildman–Crippen LogP) is 0.691. The quantitative estimate of drug-likeness (QED) is 0.675. The summed E-state index contributed by atoms with van der Waals surface area (Å²) in [6.45, 7) is 4.52. The zero-order valence-electron chi connectivity index (χ0n) is 8.40. The molecule has 0 spiro atoms. The molecule has 0 amide bonds. The summed E-state index contributed by atoms with van der Waals surface area (Å²) < 4.78 is 2.00. The minimum atomic E-state index is 0.605. The van der Waals surface area contributed by atoms with Crippen LogP contribution in [0.1, 0.15) is 25.6 Å². The molecule has 0 aliphatic rings. The summed E-state index contributed by atoms with van der Waals surface area (Å²) in [5, 5.41) is 19.4. The molecule has 0 bridgehead atoms. The zero-order valence-corrected chi connectivity index (χ0v) is 8.40. The van der Waals surface area contributed by atoms with Gasteiger partial charge in [-0.15, -0.1) is 10.2 Å². The first kappa shape index (κ1) is 10.7. The van der Waals surface area contributed by atoms with Crippen LogP contribution >= 0.6 is 0 Å². The number of nitriles is 1. The van der Waals surface area contributed by atoms with Gasteiger partial charge in [-0.05, 0) is 19.9 Å². The highest BCUT2D eigenvalue weighted by Crippen LogP contribution is 1.94. The minimum absolute atomic E-state index is 0.605. The van der Waals surface area contributed by atoms with Crippen LogP contribution < -0.4 is 5.32 Å².